The van der Waals surface area contributed by atoms with Crippen LogP contribution in [0.1, 0.15) is 18.0 Å². The minimum Gasteiger partial charge on any atom is -0.340 e. The number of piperidine rings is 1. The number of halogens is 1. The number of urea groups is 1. The monoisotopic (exact) mass is 420 g/mol. The first kappa shape index (κ1) is 19.2. The summed E-state index contributed by atoms with van der Waals surface area (Å²) in [6.45, 7) is 2.10. The molecule has 2 aliphatic heterocycles. The SMILES string of the molecule is O=C(Nc1cccc(F)c1)Nc1ccc2n(c1=O)CC1CC2CN(c2ncccn2)C1. The second-order valence-corrected chi connectivity index (χ2v) is 7.93. The summed E-state index contributed by atoms with van der Waals surface area (Å²) in [6, 6.07) is 10.3. The van der Waals surface area contributed by atoms with E-state index >= 15 is 0 Å². The zero-order valence-electron chi connectivity index (χ0n) is 16.7. The van der Waals surface area contributed by atoms with Gasteiger partial charge in [0, 0.05) is 49.3 Å². The Kier molecular flexibility index (Phi) is 4.85. The van der Waals surface area contributed by atoms with Crippen molar-refractivity contribution in [3.8, 4) is 0 Å². The van der Waals surface area contributed by atoms with Gasteiger partial charge < -0.3 is 20.1 Å². The Bertz CT molecular complexity index is 1180. The van der Waals surface area contributed by atoms with E-state index in [2.05, 4.69) is 25.5 Å². The van der Waals surface area contributed by atoms with Crippen LogP contribution in [0.4, 0.5) is 26.5 Å². The molecule has 31 heavy (non-hydrogen) atoms. The number of benzene rings is 1. The van der Waals surface area contributed by atoms with Gasteiger partial charge in [0.1, 0.15) is 11.5 Å². The van der Waals surface area contributed by atoms with E-state index in [1.807, 2.05) is 6.07 Å². The van der Waals surface area contributed by atoms with Crippen LogP contribution in [0, 0.1) is 11.7 Å². The van der Waals surface area contributed by atoms with Crippen LogP contribution in [0.15, 0.2) is 59.7 Å². The first-order valence-electron chi connectivity index (χ1n) is 10.2. The second kappa shape index (κ2) is 7.82. The highest BCUT2D eigenvalue weighted by atomic mass is 19.1. The van der Waals surface area contributed by atoms with Gasteiger partial charge in [-0.05, 0) is 48.7 Å². The quantitative estimate of drug-likeness (QED) is 0.680. The number of nitrogens with one attached hydrogen (secondary N) is 2. The number of amides is 2. The van der Waals surface area contributed by atoms with E-state index in [1.165, 1.54) is 18.2 Å². The lowest BCUT2D eigenvalue weighted by Gasteiger charge is -2.42. The van der Waals surface area contributed by atoms with Crippen LogP contribution in [0.2, 0.25) is 0 Å². The van der Waals surface area contributed by atoms with E-state index in [1.54, 1.807) is 35.2 Å². The van der Waals surface area contributed by atoms with Crippen molar-refractivity contribution in [3.05, 3.63) is 76.7 Å². The Morgan fingerprint density at radius 3 is 2.68 bits per heavy atom. The molecule has 8 nitrogen and oxygen atoms in total. The number of rotatable bonds is 3. The number of pyridine rings is 1. The Morgan fingerprint density at radius 2 is 1.87 bits per heavy atom. The summed E-state index contributed by atoms with van der Waals surface area (Å²) < 4.78 is 15.1. The van der Waals surface area contributed by atoms with Crippen molar-refractivity contribution >= 4 is 23.4 Å². The number of hydrogen-bond acceptors (Lipinski definition) is 5. The zero-order valence-corrected chi connectivity index (χ0v) is 16.7. The molecule has 2 unspecified atom stereocenters. The fourth-order valence-electron chi connectivity index (χ4n) is 4.51. The van der Waals surface area contributed by atoms with Crippen molar-refractivity contribution < 1.29 is 9.18 Å². The molecule has 0 aliphatic carbocycles. The number of aromatic nitrogens is 3. The van der Waals surface area contributed by atoms with Crippen LogP contribution >= 0.6 is 0 Å². The molecule has 9 heteroatoms. The van der Waals surface area contributed by atoms with Crippen LogP contribution in [-0.2, 0) is 6.54 Å². The van der Waals surface area contributed by atoms with Gasteiger partial charge in [-0.15, -0.1) is 0 Å². The predicted octanol–water partition coefficient (Wildman–Crippen LogP) is 3.05. The lowest BCUT2D eigenvalue weighted by atomic mass is 9.83. The van der Waals surface area contributed by atoms with Gasteiger partial charge in [0.05, 0.1) is 0 Å². The molecule has 4 heterocycles. The topological polar surface area (TPSA) is 92.2 Å². The molecule has 2 aliphatic rings. The highest BCUT2D eigenvalue weighted by molar-refractivity contribution is 5.99. The van der Waals surface area contributed by atoms with Gasteiger partial charge in [0.25, 0.3) is 5.56 Å². The summed E-state index contributed by atoms with van der Waals surface area (Å²) in [6.07, 6.45) is 4.48. The molecule has 2 bridgehead atoms. The standard InChI is InChI=1S/C22H21FN6O2/c23-16-3-1-4-17(10-16)26-22(31)27-18-5-6-19-15-9-14(12-29(19)20(18)30)11-28(13-15)21-24-7-2-8-25-21/h1-8,10,14-15H,9,11-13H2,(H2,26,27,31). The number of nitrogens with zero attached hydrogens (tertiary/aromatic N) is 4. The molecule has 0 saturated carbocycles. The molecule has 1 aromatic carbocycles. The van der Waals surface area contributed by atoms with Crippen LogP contribution in [0.25, 0.3) is 0 Å². The van der Waals surface area contributed by atoms with Gasteiger partial charge in [-0.3, -0.25) is 4.79 Å². The molecular weight excluding hydrogens is 399 g/mol. The smallest absolute Gasteiger partial charge is 0.323 e. The third-order valence-electron chi connectivity index (χ3n) is 5.77. The van der Waals surface area contributed by atoms with Gasteiger partial charge in [0.2, 0.25) is 5.95 Å². The highest BCUT2D eigenvalue weighted by Crippen LogP contribution is 2.36. The maximum absolute atomic E-state index is 13.3. The van der Waals surface area contributed by atoms with Crippen LogP contribution in [0.3, 0.4) is 0 Å². The van der Waals surface area contributed by atoms with Crippen molar-refractivity contribution in [3.63, 3.8) is 0 Å². The summed E-state index contributed by atoms with van der Waals surface area (Å²) in [4.78, 5) is 36.2. The maximum atomic E-state index is 13.3. The molecule has 1 fully saturated rings. The molecule has 2 atom stereocenters. The molecule has 158 valence electrons. The Hall–Kier alpha value is -3.75. The molecule has 0 spiro atoms. The number of hydrogen-bond donors (Lipinski definition) is 2. The summed E-state index contributed by atoms with van der Waals surface area (Å²) in [7, 11) is 0. The molecule has 0 radical (unpaired) electrons. The number of anilines is 3. The Labute approximate surface area is 177 Å². The van der Waals surface area contributed by atoms with E-state index in [0.29, 0.717) is 24.1 Å². The number of carbonyl (C=O) groups excluding carboxylic acids is 1. The molecular formula is C22H21FN6O2. The minimum absolute atomic E-state index is 0.194. The van der Waals surface area contributed by atoms with Crippen molar-refractivity contribution in [2.24, 2.45) is 5.92 Å². The average Bonchev–Trinajstić information content (AvgIpc) is 2.76. The third-order valence-corrected chi connectivity index (χ3v) is 5.77. The molecule has 2 N–H and O–H groups in total. The van der Waals surface area contributed by atoms with E-state index in [4.69, 9.17) is 0 Å². The minimum atomic E-state index is -0.591. The second-order valence-electron chi connectivity index (χ2n) is 7.93. The van der Waals surface area contributed by atoms with Gasteiger partial charge in [-0.25, -0.2) is 19.2 Å². The summed E-state index contributed by atoms with van der Waals surface area (Å²) >= 11 is 0. The molecule has 3 aromatic rings. The highest BCUT2D eigenvalue weighted by Gasteiger charge is 2.35. The van der Waals surface area contributed by atoms with Crippen molar-refractivity contribution in [1.82, 2.24) is 14.5 Å². The zero-order chi connectivity index (χ0) is 21.4. The van der Waals surface area contributed by atoms with E-state index in [-0.39, 0.29) is 17.2 Å². The largest absolute Gasteiger partial charge is 0.340 e. The van der Waals surface area contributed by atoms with Crippen molar-refractivity contribution in [2.75, 3.05) is 28.6 Å². The lowest BCUT2D eigenvalue weighted by molar-refractivity contribution is 0.262. The summed E-state index contributed by atoms with van der Waals surface area (Å²) in [5.41, 5.74) is 1.23. The molecule has 2 amide bonds. The summed E-state index contributed by atoms with van der Waals surface area (Å²) in [5, 5.41) is 5.14. The summed E-state index contributed by atoms with van der Waals surface area (Å²) in [5.74, 6) is 0.747. The number of carbonyl (C=O) groups is 1. The van der Waals surface area contributed by atoms with Crippen molar-refractivity contribution in [1.29, 1.82) is 0 Å². The molecule has 5 rings (SSSR count). The van der Waals surface area contributed by atoms with E-state index < -0.39 is 11.8 Å². The maximum Gasteiger partial charge on any atom is 0.323 e. The lowest BCUT2D eigenvalue weighted by Crippen LogP contribution is -2.48. The van der Waals surface area contributed by atoms with Crippen molar-refractivity contribution in [2.45, 2.75) is 18.9 Å². The van der Waals surface area contributed by atoms with Crippen LogP contribution in [-0.4, -0.2) is 33.7 Å². The van der Waals surface area contributed by atoms with Crippen LogP contribution in [0.5, 0.6) is 0 Å². The molecule has 1 saturated heterocycles. The van der Waals surface area contributed by atoms with Gasteiger partial charge in [0.15, 0.2) is 0 Å². The van der Waals surface area contributed by atoms with Gasteiger partial charge >= 0.3 is 6.03 Å². The third kappa shape index (κ3) is 3.86. The number of fused-ring (bicyclic) bond motifs is 4. The fourth-order valence-corrected chi connectivity index (χ4v) is 4.51. The Balaban J connectivity index is 1.35. The molecule has 2 aromatic heterocycles. The Morgan fingerprint density at radius 1 is 1.03 bits per heavy atom. The normalized spacial score (nSPS) is 19.5. The van der Waals surface area contributed by atoms with Gasteiger partial charge in [-0.2, -0.15) is 0 Å². The average molecular weight is 420 g/mol. The van der Waals surface area contributed by atoms with E-state index in [9.17, 15) is 14.0 Å². The van der Waals surface area contributed by atoms with Crippen LogP contribution < -0.4 is 21.1 Å². The first-order valence-corrected chi connectivity index (χ1v) is 10.2. The first-order chi connectivity index (χ1) is 15.1. The van der Waals surface area contributed by atoms with E-state index in [0.717, 1.165) is 25.2 Å². The predicted molar refractivity (Wildman–Crippen MR) is 115 cm³/mol. The fraction of sp³-hybridized carbons (Fsp3) is 0.273. The van der Waals surface area contributed by atoms with Gasteiger partial charge in [-0.1, -0.05) is 6.07 Å².